The monoisotopic (exact) mass is 396 g/mol. The van der Waals surface area contributed by atoms with Crippen LogP contribution in [0.4, 0.5) is 8.78 Å². The van der Waals surface area contributed by atoms with Gasteiger partial charge in [0.15, 0.2) is 0 Å². The van der Waals surface area contributed by atoms with E-state index in [1.807, 2.05) is 0 Å². The minimum Gasteiger partial charge on any atom is -0.352 e. The van der Waals surface area contributed by atoms with E-state index in [-0.39, 0.29) is 47.9 Å². The van der Waals surface area contributed by atoms with Crippen LogP contribution in [0.1, 0.15) is 46.4 Å². The lowest BCUT2D eigenvalue weighted by Gasteiger charge is -2.11. The first-order valence-corrected chi connectivity index (χ1v) is 9.90. The number of halogens is 2. The van der Waals surface area contributed by atoms with Crippen LogP contribution in [0.2, 0.25) is 0 Å². The first kappa shape index (κ1) is 19.3. The summed E-state index contributed by atoms with van der Waals surface area (Å²) in [5.74, 6) is -1.90. The van der Waals surface area contributed by atoms with Gasteiger partial charge in [-0.3, -0.25) is 9.59 Å². The molecule has 1 aromatic rings. The van der Waals surface area contributed by atoms with Gasteiger partial charge in [-0.05, 0) is 37.0 Å². The molecular formula is C18H18F2N2O4S. The van der Waals surface area contributed by atoms with Gasteiger partial charge in [-0.15, -0.1) is 6.42 Å². The largest absolute Gasteiger partial charge is 0.352 e. The second kappa shape index (κ2) is 6.93. The Kier molecular flexibility index (Phi) is 4.95. The molecule has 2 aliphatic rings. The Labute approximate surface area is 156 Å². The molecule has 1 atom stereocenters. The minimum atomic E-state index is -4.08. The number of amides is 2. The maximum absolute atomic E-state index is 13.2. The van der Waals surface area contributed by atoms with Crippen LogP contribution in [0.25, 0.3) is 0 Å². The predicted molar refractivity (Wildman–Crippen MR) is 92.7 cm³/mol. The number of alkyl halides is 2. The van der Waals surface area contributed by atoms with Crippen molar-refractivity contribution < 1.29 is 26.8 Å². The maximum atomic E-state index is 13.2. The number of benzene rings is 1. The first-order valence-electron chi connectivity index (χ1n) is 8.46. The van der Waals surface area contributed by atoms with E-state index in [2.05, 4.69) is 11.2 Å². The van der Waals surface area contributed by atoms with E-state index in [1.54, 1.807) is 0 Å². The average Bonchev–Trinajstić information content (AvgIpc) is 3.04. The molecule has 1 fully saturated rings. The lowest BCUT2D eigenvalue weighted by molar-refractivity contribution is 0.00477. The molecule has 0 bridgehead atoms. The molecular weight excluding hydrogens is 378 g/mol. The van der Waals surface area contributed by atoms with Crippen LogP contribution in [-0.4, -0.2) is 43.5 Å². The van der Waals surface area contributed by atoms with Crippen molar-refractivity contribution in [2.45, 2.75) is 36.5 Å². The van der Waals surface area contributed by atoms with Crippen molar-refractivity contribution in [3.8, 4) is 12.3 Å². The summed E-state index contributed by atoms with van der Waals surface area (Å²) in [6.45, 7) is -0.172. The normalized spacial score (nSPS) is 22.3. The SMILES string of the molecule is C#CCN1C(=O)c2ccc(C(=O)NCCC3CCC(F)(F)C3)cc2S1(=O)=O. The zero-order valence-corrected chi connectivity index (χ0v) is 15.2. The Hall–Kier alpha value is -2.47. The third kappa shape index (κ3) is 3.67. The number of fused-ring (bicyclic) bond motifs is 1. The number of sulfonamides is 1. The molecule has 3 rings (SSSR count). The lowest BCUT2D eigenvalue weighted by atomic mass is 10.0. The fourth-order valence-electron chi connectivity index (χ4n) is 3.44. The summed E-state index contributed by atoms with van der Waals surface area (Å²) < 4.78 is 51.8. The molecule has 1 saturated carbocycles. The molecule has 0 radical (unpaired) electrons. The van der Waals surface area contributed by atoms with E-state index in [0.717, 1.165) is 6.07 Å². The Morgan fingerprint density at radius 3 is 2.78 bits per heavy atom. The molecule has 0 aromatic heterocycles. The van der Waals surface area contributed by atoms with Crippen molar-refractivity contribution >= 4 is 21.8 Å². The van der Waals surface area contributed by atoms with Crippen molar-refractivity contribution in [1.82, 2.24) is 9.62 Å². The highest BCUT2D eigenvalue weighted by Gasteiger charge is 2.41. The van der Waals surface area contributed by atoms with Crippen LogP contribution in [0.5, 0.6) is 0 Å². The highest BCUT2D eigenvalue weighted by Crippen LogP contribution is 2.40. The Balaban J connectivity index is 1.67. The number of rotatable bonds is 5. The highest BCUT2D eigenvalue weighted by molar-refractivity contribution is 7.90. The van der Waals surface area contributed by atoms with E-state index >= 15 is 0 Å². The molecule has 9 heteroatoms. The smallest absolute Gasteiger partial charge is 0.269 e. The number of nitrogens with one attached hydrogen (secondary N) is 1. The van der Waals surface area contributed by atoms with E-state index in [0.29, 0.717) is 17.1 Å². The van der Waals surface area contributed by atoms with Crippen molar-refractivity contribution in [3.63, 3.8) is 0 Å². The van der Waals surface area contributed by atoms with E-state index < -0.39 is 27.8 Å². The van der Waals surface area contributed by atoms with Crippen LogP contribution in [0.3, 0.4) is 0 Å². The molecule has 0 saturated heterocycles. The van der Waals surface area contributed by atoms with Crippen LogP contribution in [0.15, 0.2) is 23.1 Å². The first-order chi connectivity index (χ1) is 12.7. The van der Waals surface area contributed by atoms with Gasteiger partial charge in [0.05, 0.1) is 12.1 Å². The maximum Gasteiger partial charge on any atom is 0.269 e. The molecule has 27 heavy (non-hydrogen) atoms. The van der Waals surface area contributed by atoms with E-state index in [1.165, 1.54) is 12.1 Å². The summed E-state index contributed by atoms with van der Waals surface area (Å²) in [6, 6.07) is 3.76. The standard InChI is InChI=1S/C18H18F2N2O4S/c1-2-9-22-17(24)14-4-3-13(10-15(14)27(22,25)26)16(23)21-8-6-12-5-7-18(19,20)11-12/h1,3-4,10,12H,5-9,11H2,(H,21,23). The lowest BCUT2D eigenvalue weighted by Crippen LogP contribution is -2.30. The second-order valence-corrected chi connectivity index (χ2v) is 8.57. The molecule has 1 unspecified atom stereocenters. The molecule has 1 heterocycles. The molecule has 6 nitrogen and oxygen atoms in total. The average molecular weight is 396 g/mol. The molecule has 1 aliphatic carbocycles. The van der Waals surface area contributed by atoms with Crippen molar-refractivity contribution in [1.29, 1.82) is 0 Å². The predicted octanol–water partition coefficient (Wildman–Crippen LogP) is 2.02. The topological polar surface area (TPSA) is 83.6 Å². The zero-order chi connectivity index (χ0) is 19.8. The molecule has 1 aliphatic heterocycles. The summed E-state index contributed by atoms with van der Waals surface area (Å²) in [5.41, 5.74) is 0.0411. The van der Waals surface area contributed by atoms with Gasteiger partial charge in [-0.25, -0.2) is 21.5 Å². The Morgan fingerprint density at radius 2 is 2.15 bits per heavy atom. The third-order valence-electron chi connectivity index (χ3n) is 4.85. The van der Waals surface area contributed by atoms with Crippen molar-refractivity contribution in [2.24, 2.45) is 5.92 Å². The second-order valence-electron chi connectivity index (χ2n) is 6.74. The van der Waals surface area contributed by atoms with Crippen molar-refractivity contribution in [3.05, 3.63) is 29.3 Å². The number of hydrogen-bond donors (Lipinski definition) is 1. The number of terminal acetylenes is 1. The van der Waals surface area contributed by atoms with Crippen molar-refractivity contribution in [2.75, 3.05) is 13.1 Å². The fourth-order valence-corrected chi connectivity index (χ4v) is 4.94. The van der Waals surface area contributed by atoms with Gasteiger partial charge >= 0.3 is 0 Å². The van der Waals surface area contributed by atoms with Gasteiger partial charge in [0.2, 0.25) is 5.92 Å². The van der Waals surface area contributed by atoms with Crippen LogP contribution >= 0.6 is 0 Å². The van der Waals surface area contributed by atoms with Gasteiger partial charge in [0.25, 0.3) is 21.8 Å². The summed E-state index contributed by atoms with van der Waals surface area (Å²) in [7, 11) is -4.08. The molecule has 144 valence electrons. The van der Waals surface area contributed by atoms with Gasteiger partial charge in [0, 0.05) is 24.9 Å². The minimum absolute atomic E-state index is 0.0324. The number of carbonyl (C=O) groups is 2. The summed E-state index contributed by atoms with van der Waals surface area (Å²) >= 11 is 0. The van der Waals surface area contributed by atoms with Crippen LogP contribution in [-0.2, 0) is 10.0 Å². The number of carbonyl (C=O) groups excluding carboxylic acids is 2. The summed E-state index contributed by atoms with van der Waals surface area (Å²) in [5, 5.41) is 2.61. The van der Waals surface area contributed by atoms with E-state index in [4.69, 9.17) is 6.42 Å². The van der Waals surface area contributed by atoms with Gasteiger partial charge in [0.1, 0.15) is 4.90 Å². The van der Waals surface area contributed by atoms with Crippen LogP contribution in [0, 0.1) is 18.3 Å². The number of nitrogens with zero attached hydrogens (tertiary/aromatic N) is 1. The fraction of sp³-hybridized carbons (Fsp3) is 0.444. The van der Waals surface area contributed by atoms with Crippen LogP contribution < -0.4 is 5.32 Å². The zero-order valence-electron chi connectivity index (χ0n) is 14.4. The summed E-state index contributed by atoms with van der Waals surface area (Å²) in [6.07, 6.45) is 5.66. The molecule has 0 spiro atoms. The molecule has 2 amide bonds. The van der Waals surface area contributed by atoms with Gasteiger partial charge in [-0.1, -0.05) is 5.92 Å². The third-order valence-corrected chi connectivity index (χ3v) is 6.62. The molecule has 1 N–H and O–H groups in total. The quantitative estimate of drug-likeness (QED) is 0.772. The van der Waals surface area contributed by atoms with Gasteiger partial charge in [-0.2, -0.15) is 0 Å². The van der Waals surface area contributed by atoms with Gasteiger partial charge < -0.3 is 5.32 Å². The Morgan fingerprint density at radius 1 is 1.41 bits per heavy atom. The number of hydrogen-bond acceptors (Lipinski definition) is 4. The Bertz CT molecular complexity index is 937. The molecule has 1 aromatic carbocycles. The summed E-state index contributed by atoms with van der Waals surface area (Å²) in [4.78, 5) is 24.1. The highest BCUT2D eigenvalue weighted by atomic mass is 32.2. The van der Waals surface area contributed by atoms with E-state index in [9.17, 15) is 26.8 Å².